The Labute approximate surface area is 154 Å². The summed E-state index contributed by atoms with van der Waals surface area (Å²) in [5, 5.41) is 21.9. The Balaban J connectivity index is 2.05. The summed E-state index contributed by atoms with van der Waals surface area (Å²) in [6.07, 6.45) is 2.22. The van der Waals surface area contributed by atoms with Gasteiger partial charge in [0, 0.05) is 11.0 Å². The van der Waals surface area contributed by atoms with Crippen LogP contribution in [0.1, 0.15) is 30.4 Å². The SMILES string of the molecule is COC1=C(OC)C23CCc4ccc(OC)c(O)c4C2(CCN3C)CC1O. The number of aryl methyl sites for hydroxylation is 1. The number of likely N-dealkylation sites (tertiary alicyclic amines) is 1. The van der Waals surface area contributed by atoms with Crippen molar-refractivity contribution in [1.82, 2.24) is 4.90 Å². The Hall–Kier alpha value is -1.92. The lowest BCUT2D eigenvalue weighted by molar-refractivity contribution is -0.0220. The van der Waals surface area contributed by atoms with Gasteiger partial charge in [-0.3, -0.25) is 4.90 Å². The summed E-state index contributed by atoms with van der Waals surface area (Å²) in [6.45, 7) is 0.854. The predicted molar refractivity (Wildman–Crippen MR) is 96.3 cm³/mol. The average Bonchev–Trinajstić information content (AvgIpc) is 2.93. The third kappa shape index (κ3) is 1.84. The molecule has 1 heterocycles. The number of ether oxygens (including phenoxy) is 3. The molecule has 2 aliphatic carbocycles. The van der Waals surface area contributed by atoms with Crippen LogP contribution in [0, 0.1) is 0 Å². The number of rotatable bonds is 3. The molecule has 0 bridgehead atoms. The van der Waals surface area contributed by atoms with Crippen LogP contribution in [-0.4, -0.2) is 61.7 Å². The average molecular weight is 361 g/mol. The molecular formula is C20H27NO5. The molecule has 1 saturated heterocycles. The van der Waals surface area contributed by atoms with E-state index >= 15 is 0 Å². The number of phenols is 1. The van der Waals surface area contributed by atoms with Gasteiger partial charge in [-0.2, -0.15) is 0 Å². The van der Waals surface area contributed by atoms with E-state index in [0.717, 1.165) is 36.9 Å². The van der Waals surface area contributed by atoms with E-state index in [4.69, 9.17) is 14.2 Å². The number of aliphatic hydroxyl groups excluding tert-OH is 1. The van der Waals surface area contributed by atoms with Gasteiger partial charge in [0.25, 0.3) is 0 Å². The smallest absolute Gasteiger partial charge is 0.163 e. The van der Waals surface area contributed by atoms with E-state index < -0.39 is 17.1 Å². The summed E-state index contributed by atoms with van der Waals surface area (Å²) < 4.78 is 16.8. The van der Waals surface area contributed by atoms with Gasteiger partial charge in [-0.25, -0.2) is 0 Å². The predicted octanol–water partition coefficient (Wildman–Crippen LogP) is 1.93. The second-order valence-corrected chi connectivity index (χ2v) is 7.59. The summed E-state index contributed by atoms with van der Waals surface area (Å²) >= 11 is 0. The number of aliphatic hydroxyl groups is 1. The summed E-state index contributed by atoms with van der Waals surface area (Å²) in [5.74, 6) is 1.85. The van der Waals surface area contributed by atoms with Crippen molar-refractivity contribution in [3.05, 3.63) is 34.8 Å². The van der Waals surface area contributed by atoms with E-state index in [1.807, 2.05) is 12.1 Å². The number of fused-ring (bicyclic) bond motifs is 1. The molecule has 4 rings (SSSR count). The molecule has 0 aromatic heterocycles. The number of phenolic OH excluding ortho intramolecular Hbond substituents is 1. The molecule has 6 nitrogen and oxygen atoms in total. The molecule has 0 radical (unpaired) electrons. The lowest BCUT2D eigenvalue weighted by atomic mass is 9.53. The quantitative estimate of drug-likeness (QED) is 0.857. The Morgan fingerprint density at radius 3 is 2.54 bits per heavy atom. The second kappa shape index (κ2) is 5.79. The zero-order chi connectivity index (χ0) is 18.7. The Morgan fingerprint density at radius 2 is 1.88 bits per heavy atom. The van der Waals surface area contributed by atoms with E-state index in [1.165, 1.54) is 0 Å². The number of aromatic hydroxyl groups is 1. The van der Waals surface area contributed by atoms with Crippen molar-refractivity contribution in [2.24, 2.45) is 0 Å². The van der Waals surface area contributed by atoms with Gasteiger partial charge in [0.05, 0.1) is 26.9 Å². The molecule has 142 valence electrons. The zero-order valence-corrected chi connectivity index (χ0v) is 15.8. The number of hydrogen-bond donors (Lipinski definition) is 2. The van der Waals surface area contributed by atoms with Gasteiger partial charge in [0.15, 0.2) is 23.0 Å². The van der Waals surface area contributed by atoms with Crippen molar-refractivity contribution in [3.8, 4) is 11.5 Å². The minimum absolute atomic E-state index is 0.188. The molecule has 1 aromatic rings. The maximum absolute atomic E-state index is 11.1. The Kier molecular flexibility index (Phi) is 3.90. The first-order valence-corrected chi connectivity index (χ1v) is 9.08. The van der Waals surface area contributed by atoms with E-state index in [1.54, 1.807) is 21.3 Å². The fraction of sp³-hybridized carbons (Fsp3) is 0.600. The summed E-state index contributed by atoms with van der Waals surface area (Å²) in [7, 11) is 6.87. The molecule has 0 saturated carbocycles. The molecular weight excluding hydrogens is 334 g/mol. The van der Waals surface area contributed by atoms with Gasteiger partial charge in [-0.15, -0.1) is 0 Å². The highest BCUT2D eigenvalue weighted by Gasteiger charge is 2.68. The van der Waals surface area contributed by atoms with Crippen LogP contribution in [-0.2, 0) is 21.3 Å². The molecule has 3 aliphatic rings. The maximum atomic E-state index is 11.1. The van der Waals surface area contributed by atoms with Gasteiger partial charge >= 0.3 is 0 Å². The highest BCUT2D eigenvalue weighted by molar-refractivity contribution is 5.60. The van der Waals surface area contributed by atoms with Gasteiger partial charge in [-0.05, 0) is 50.9 Å². The van der Waals surface area contributed by atoms with Gasteiger partial charge < -0.3 is 24.4 Å². The fourth-order valence-corrected chi connectivity index (χ4v) is 5.87. The topological polar surface area (TPSA) is 71.4 Å². The minimum Gasteiger partial charge on any atom is -0.504 e. The number of methoxy groups -OCH3 is 3. The lowest BCUT2D eigenvalue weighted by Gasteiger charge is -2.56. The highest BCUT2D eigenvalue weighted by atomic mass is 16.5. The monoisotopic (exact) mass is 361 g/mol. The number of nitrogens with zero attached hydrogens (tertiary/aromatic N) is 1. The van der Waals surface area contributed by atoms with E-state index in [0.29, 0.717) is 23.7 Å². The van der Waals surface area contributed by atoms with Crippen LogP contribution in [0.25, 0.3) is 0 Å². The van der Waals surface area contributed by atoms with Crippen LogP contribution < -0.4 is 4.74 Å². The van der Waals surface area contributed by atoms with E-state index in [2.05, 4.69) is 11.9 Å². The van der Waals surface area contributed by atoms with Crippen LogP contribution in [0.4, 0.5) is 0 Å². The van der Waals surface area contributed by atoms with Crippen molar-refractivity contribution < 1.29 is 24.4 Å². The summed E-state index contributed by atoms with van der Waals surface area (Å²) in [5.41, 5.74) is 1.14. The normalized spacial score (nSPS) is 33.3. The summed E-state index contributed by atoms with van der Waals surface area (Å²) in [4.78, 5) is 2.30. The van der Waals surface area contributed by atoms with Crippen LogP contribution in [0.3, 0.4) is 0 Å². The number of benzene rings is 1. The molecule has 26 heavy (non-hydrogen) atoms. The molecule has 0 amide bonds. The van der Waals surface area contributed by atoms with Gasteiger partial charge in [0.1, 0.15) is 6.10 Å². The van der Waals surface area contributed by atoms with Crippen molar-refractivity contribution in [2.75, 3.05) is 34.9 Å². The molecule has 3 unspecified atom stereocenters. The van der Waals surface area contributed by atoms with Crippen molar-refractivity contribution in [3.63, 3.8) is 0 Å². The Morgan fingerprint density at radius 1 is 1.12 bits per heavy atom. The van der Waals surface area contributed by atoms with Crippen molar-refractivity contribution >= 4 is 0 Å². The third-order valence-electron chi connectivity index (χ3n) is 6.87. The van der Waals surface area contributed by atoms with Gasteiger partial charge in [0.2, 0.25) is 0 Å². The molecule has 2 N–H and O–H groups in total. The van der Waals surface area contributed by atoms with Crippen LogP contribution in [0.5, 0.6) is 11.5 Å². The van der Waals surface area contributed by atoms with Crippen molar-refractivity contribution in [1.29, 1.82) is 0 Å². The highest BCUT2D eigenvalue weighted by Crippen LogP contribution is 2.64. The minimum atomic E-state index is -0.772. The molecule has 6 heteroatoms. The molecule has 3 atom stereocenters. The maximum Gasteiger partial charge on any atom is 0.163 e. The molecule has 1 aliphatic heterocycles. The number of likely N-dealkylation sites (N-methyl/N-ethyl adjacent to an activating group) is 1. The van der Waals surface area contributed by atoms with E-state index in [9.17, 15) is 10.2 Å². The van der Waals surface area contributed by atoms with Crippen molar-refractivity contribution in [2.45, 2.75) is 42.7 Å². The molecule has 0 spiro atoms. The Bertz CT molecular complexity index is 776. The number of hydrogen-bond acceptors (Lipinski definition) is 6. The first kappa shape index (κ1) is 17.5. The first-order chi connectivity index (χ1) is 12.5. The van der Waals surface area contributed by atoms with Crippen LogP contribution in [0.2, 0.25) is 0 Å². The lowest BCUT2D eigenvalue weighted by Crippen LogP contribution is -2.63. The second-order valence-electron chi connectivity index (χ2n) is 7.59. The van der Waals surface area contributed by atoms with Gasteiger partial charge in [-0.1, -0.05) is 6.07 Å². The van der Waals surface area contributed by atoms with Crippen LogP contribution in [0.15, 0.2) is 23.7 Å². The zero-order valence-electron chi connectivity index (χ0n) is 15.8. The van der Waals surface area contributed by atoms with Crippen LogP contribution >= 0.6 is 0 Å². The fourth-order valence-electron chi connectivity index (χ4n) is 5.87. The first-order valence-electron chi connectivity index (χ1n) is 9.08. The largest absolute Gasteiger partial charge is 0.504 e. The molecule has 1 aromatic carbocycles. The third-order valence-corrected chi connectivity index (χ3v) is 6.87. The standard InChI is InChI=1S/C20H27NO5/c1-21-10-9-19-11-13(22)17(25-3)18(26-4)20(19,21)8-7-12-5-6-14(24-2)16(23)15(12)19/h5-6,13,22-23H,7-11H2,1-4H3. The van der Waals surface area contributed by atoms with E-state index in [-0.39, 0.29) is 5.75 Å². The summed E-state index contributed by atoms with van der Waals surface area (Å²) in [6, 6.07) is 3.86. The molecule has 1 fully saturated rings.